The molecule has 0 atom stereocenters. The molecule has 1 aromatic heterocycles. The molecule has 2 aromatic rings. The third kappa shape index (κ3) is 6.00. The smallest absolute Gasteiger partial charge is 0.234 e. The zero-order valence-electron chi connectivity index (χ0n) is 16.5. The maximum absolute atomic E-state index is 11.9. The van der Waals surface area contributed by atoms with Crippen molar-refractivity contribution in [1.29, 1.82) is 0 Å². The van der Waals surface area contributed by atoms with Crippen LogP contribution in [0.25, 0.3) is 10.6 Å². The number of nitrogens with zero attached hydrogens (tertiary/aromatic N) is 3. The highest BCUT2D eigenvalue weighted by Gasteiger charge is 2.19. The zero-order chi connectivity index (χ0) is 19.8. The third-order valence-corrected chi connectivity index (χ3v) is 5.65. The molecule has 2 heterocycles. The fraction of sp³-hybridized carbons (Fsp3) is 0.500. The highest BCUT2D eigenvalue weighted by atomic mass is 32.1. The van der Waals surface area contributed by atoms with Crippen molar-refractivity contribution in [3.63, 3.8) is 0 Å². The highest BCUT2D eigenvalue weighted by molar-refractivity contribution is 7.13. The molecule has 7 nitrogen and oxygen atoms in total. The Balaban J connectivity index is 1.45. The Morgan fingerprint density at radius 2 is 2.00 bits per heavy atom. The van der Waals surface area contributed by atoms with E-state index in [1.165, 1.54) is 0 Å². The second-order valence-corrected chi connectivity index (χ2v) is 7.63. The predicted octanol–water partition coefficient (Wildman–Crippen LogP) is 1.70. The molecule has 3 rings (SSSR count). The van der Waals surface area contributed by atoms with E-state index in [0.717, 1.165) is 54.7 Å². The molecular weight excluding hydrogens is 376 g/mol. The molecular formula is C20H28N4O3S. The number of methoxy groups -OCH3 is 2. The van der Waals surface area contributed by atoms with Gasteiger partial charge in [0, 0.05) is 57.3 Å². The van der Waals surface area contributed by atoms with Crippen LogP contribution in [0.2, 0.25) is 0 Å². The summed E-state index contributed by atoms with van der Waals surface area (Å²) in [6.45, 7) is 6.08. The van der Waals surface area contributed by atoms with E-state index >= 15 is 0 Å². The third-order valence-electron chi connectivity index (χ3n) is 4.71. The van der Waals surface area contributed by atoms with E-state index in [9.17, 15) is 4.79 Å². The number of rotatable bonds is 9. The van der Waals surface area contributed by atoms with E-state index < -0.39 is 0 Å². The molecule has 1 amide bonds. The highest BCUT2D eigenvalue weighted by Crippen LogP contribution is 2.27. The second kappa shape index (κ2) is 10.5. The minimum Gasteiger partial charge on any atom is -0.497 e. The molecule has 1 aliphatic heterocycles. The topological polar surface area (TPSA) is 66.9 Å². The summed E-state index contributed by atoms with van der Waals surface area (Å²) < 4.78 is 10.2. The van der Waals surface area contributed by atoms with Gasteiger partial charge in [-0.1, -0.05) is 12.1 Å². The van der Waals surface area contributed by atoms with Crippen molar-refractivity contribution in [2.24, 2.45) is 0 Å². The van der Waals surface area contributed by atoms with E-state index in [-0.39, 0.29) is 5.91 Å². The van der Waals surface area contributed by atoms with Gasteiger partial charge < -0.3 is 14.8 Å². The lowest BCUT2D eigenvalue weighted by molar-refractivity contribution is -0.122. The van der Waals surface area contributed by atoms with Gasteiger partial charge in [-0.05, 0) is 12.1 Å². The van der Waals surface area contributed by atoms with Gasteiger partial charge in [0.15, 0.2) is 0 Å². The van der Waals surface area contributed by atoms with Gasteiger partial charge in [-0.15, -0.1) is 11.3 Å². The van der Waals surface area contributed by atoms with E-state index in [2.05, 4.69) is 26.6 Å². The van der Waals surface area contributed by atoms with Gasteiger partial charge in [0.25, 0.3) is 0 Å². The first-order chi connectivity index (χ1) is 13.7. The van der Waals surface area contributed by atoms with Crippen LogP contribution in [0.3, 0.4) is 0 Å². The van der Waals surface area contributed by atoms with Gasteiger partial charge in [-0.2, -0.15) is 0 Å². The van der Waals surface area contributed by atoms with E-state index in [1.807, 2.05) is 18.2 Å². The predicted molar refractivity (Wildman–Crippen MR) is 111 cm³/mol. The number of ether oxygens (including phenoxy) is 2. The van der Waals surface area contributed by atoms with E-state index in [4.69, 9.17) is 14.5 Å². The molecule has 1 saturated heterocycles. The van der Waals surface area contributed by atoms with Crippen molar-refractivity contribution in [2.75, 3.05) is 60.1 Å². The lowest BCUT2D eigenvalue weighted by Gasteiger charge is -2.33. The summed E-state index contributed by atoms with van der Waals surface area (Å²) in [7, 11) is 3.31. The molecule has 0 spiro atoms. The number of nitrogens with one attached hydrogen (secondary N) is 1. The molecule has 8 heteroatoms. The van der Waals surface area contributed by atoms with Crippen molar-refractivity contribution in [1.82, 2.24) is 20.1 Å². The summed E-state index contributed by atoms with van der Waals surface area (Å²) in [4.78, 5) is 21.3. The van der Waals surface area contributed by atoms with Crippen LogP contribution in [-0.4, -0.2) is 80.8 Å². The van der Waals surface area contributed by atoms with Crippen molar-refractivity contribution in [3.8, 4) is 16.3 Å². The molecule has 0 bridgehead atoms. The minimum absolute atomic E-state index is 0.0629. The van der Waals surface area contributed by atoms with Crippen molar-refractivity contribution >= 4 is 17.2 Å². The maximum atomic E-state index is 11.9. The Hall–Kier alpha value is -2.00. The molecule has 28 heavy (non-hydrogen) atoms. The van der Waals surface area contributed by atoms with Crippen molar-refractivity contribution < 1.29 is 14.3 Å². The summed E-state index contributed by atoms with van der Waals surface area (Å²) in [5, 5.41) is 6.02. The normalized spacial score (nSPS) is 15.5. The van der Waals surface area contributed by atoms with Crippen LogP contribution in [0.1, 0.15) is 5.69 Å². The van der Waals surface area contributed by atoms with Crippen LogP contribution >= 0.6 is 11.3 Å². The lowest BCUT2D eigenvalue weighted by atomic mass is 10.2. The quantitative estimate of drug-likeness (QED) is 0.642. The number of carbonyl (C=O) groups is 1. The van der Waals surface area contributed by atoms with Gasteiger partial charge in [-0.25, -0.2) is 4.98 Å². The maximum Gasteiger partial charge on any atom is 0.234 e. The fourth-order valence-corrected chi connectivity index (χ4v) is 3.96. The zero-order valence-corrected chi connectivity index (χ0v) is 17.3. The van der Waals surface area contributed by atoms with Gasteiger partial charge in [0.1, 0.15) is 10.8 Å². The number of hydrogen-bond donors (Lipinski definition) is 1. The SMILES string of the molecule is COCCNC(=O)CN1CCN(Cc2csc(-c3cccc(OC)c3)n2)CC1. The van der Waals surface area contributed by atoms with Crippen molar-refractivity contribution in [3.05, 3.63) is 35.3 Å². The molecule has 1 N–H and O–H groups in total. The van der Waals surface area contributed by atoms with Gasteiger partial charge in [0.05, 0.1) is 26.0 Å². The molecule has 152 valence electrons. The molecule has 0 saturated carbocycles. The first kappa shape index (κ1) is 20.7. The minimum atomic E-state index is 0.0629. The second-order valence-electron chi connectivity index (χ2n) is 6.77. The van der Waals surface area contributed by atoms with Gasteiger partial charge >= 0.3 is 0 Å². The summed E-state index contributed by atoms with van der Waals surface area (Å²) in [6.07, 6.45) is 0. The summed E-state index contributed by atoms with van der Waals surface area (Å²) in [6, 6.07) is 8.00. The van der Waals surface area contributed by atoms with E-state index in [0.29, 0.717) is 19.7 Å². The Bertz CT molecular complexity index is 759. The Labute approximate surface area is 170 Å². The first-order valence-electron chi connectivity index (χ1n) is 9.47. The van der Waals surface area contributed by atoms with Gasteiger partial charge in [-0.3, -0.25) is 14.6 Å². The molecule has 1 fully saturated rings. The number of aromatic nitrogens is 1. The fourth-order valence-electron chi connectivity index (χ4n) is 3.15. The summed E-state index contributed by atoms with van der Waals surface area (Å²) in [5.74, 6) is 0.907. The number of hydrogen-bond acceptors (Lipinski definition) is 7. The van der Waals surface area contributed by atoms with Crippen LogP contribution in [0.15, 0.2) is 29.6 Å². The first-order valence-corrected chi connectivity index (χ1v) is 10.3. The molecule has 1 aliphatic rings. The number of piperazine rings is 1. The largest absolute Gasteiger partial charge is 0.497 e. The Morgan fingerprint density at radius 3 is 2.75 bits per heavy atom. The number of benzene rings is 1. The monoisotopic (exact) mass is 404 g/mol. The van der Waals surface area contributed by atoms with Crippen molar-refractivity contribution in [2.45, 2.75) is 6.54 Å². The van der Waals surface area contributed by atoms with Crippen LogP contribution in [0, 0.1) is 0 Å². The Morgan fingerprint density at radius 1 is 1.21 bits per heavy atom. The van der Waals surface area contributed by atoms with Crippen LogP contribution in [-0.2, 0) is 16.1 Å². The average molecular weight is 405 g/mol. The lowest BCUT2D eigenvalue weighted by Crippen LogP contribution is -2.49. The van der Waals surface area contributed by atoms with Crippen LogP contribution < -0.4 is 10.1 Å². The average Bonchev–Trinajstić information content (AvgIpc) is 3.18. The number of amides is 1. The summed E-state index contributed by atoms with van der Waals surface area (Å²) in [5.41, 5.74) is 2.17. The summed E-state index contributed by atoms with van der Waals surface area (Å²) >= 11 is 1.66. The Kier molecular flexibility index (Phi) is 7.79. The number of carbonyl (C=O) groups excluding carboxylic acids is 1. The van der Waals surface area contributed by atoms with Crippen LogP contribution in [0.4, 0.5) is 0 Å². The molecule has 0 unspecified atom stereocenters. The van der Waals surface area contributed by atoms with E-state index in [1.54, 1.807) is 25.6 Å². The number of thiazole rings is 1. The molecule has 0 radical (unpaired) electrons. The molecule has 1 aromatic carbocycles. The molecule has 0 aliphatic carbocycles. The van der Waals surface area contributed by atoms with Crippen LogP contribution in [0.5, 0.6) is 5.75 Å². The standard InChI is InChI=1S/C20H28N4O3S/c1-26-11-6-21-19(25)14-24-9-7-23(8-10-24)13-17-15-28-20(22-17)16-4-3-5-18(12-16)27-2/h3-5,12,15H,6-11,13-14H2,1-2H3,(H,21,25). The van der Waals surface area contributed by atoms with Gasteiger partial charge in [0.2, 0.25) is 5.91 Å².